The largest absolute Gasteiger partial charge is 0.398 e. The number of anilines is 1. The first-order chi connectivity index (χ1) is 14.2. The van der Waals surface area contributed by atoms with Crippen molar-refractivity contribution >= 4 is 23.7 Å². The van der Waals surface area contributed by atoms with Crippen LogP contribution in [0.5, 0.6) is 0 Å². The van der Waals surface area contributed by atoms with E-state index >= 15 is 0 Å². The molecule has 0 aliphatic carbocycles. The summed E-state index contributed by atoms with van der Waals surface area (Å²) in [5.74, 6) is 0. The van der Waals surface area contributed by atoms with E-state index in [-0.39, 0.29) is 12.4 Å². The molecule has 0 fully saturated rings. The minimum Gasteiger partial charge on any atom is -0.398 e. The number of halogens is 1. The summed E-state index contributed by atoms with van der Waals surface area (Å²) < 4.78 is 0. The van der Waals surface area contributed by atoms with Crippen LogP contribution in [-0.4, -0.2) is 0 Å². The zero-order valence-corrected chi connectivity index (χ0v) is 21.1. The average Bonchev–Trinajstić information content (AvgIpc) is 2.73. The number of hydrogen-bond donors (Lipinski definition) is 1. The molecule has 30 heavy (non-hydrogen) atoms. The van der Waals surface area contributed by atoms with Crippen LogP contribution in [0.3, 0.4) is 0 Å². The van der Waals surface area contributed by atoms with Crippen molar-refractivity contribution in [1.29, 1.82) is 0 Å². The third-order valence-electron chi connectivity index (χ3n) is 6.41. The highest BCUT2D eigenvalue weighted by atomic mass is 35.5. The summed E-state index contributed by atoms with van der Waals surface area (Å²) in [6, 6.07) is 8.23. The number of hydrogen-bond acceptors (Lipinski definition) is 1. The van der Waals surface area contributed by atoms with E-state index in [0.717, 1.165) is 5.69 Å². The molecule has 0 atom stereocenters. The molecule has 0 bridgehead atoms. The molecule has 0 heterocycles. The van der Waals surface area contributed by atoms with Gasteiger partial charge in [-0.1, -0.05) is 127 Å². The Kier molecular flexibility index (Phi) is 19.3. The van der Waals surface area contributed by atoms with Crippen LogP contribution in [0.15, 0.2) is 29.8 Å². The predicted molar refractivity (Wildman–Crippen MR) is 141 cm³/mol. The van der Waals surface area contributed by atoms with Gasteiger partial charge in [0.1, 0.15) is 0 Å². The van der Waals surface area contributed by atoms with Crippen LogP contribution in [0, 0.1) is 0 Å². The summed E-state index contributed by atoms with van der Waals surface area (Å²) in [6.45, 7) is 6.78. The van der Waals surface area contributed by atoms with Crippen molar-refractivity contribution < 1.29 is 0 Å². The van der Waals surface area contributed by atoms with Crippen molar-refractivity contribution in [1.82, 2.24) is 0 Å². The monoisotopic (exact) mass is 435 g/mol. The molecule has 0 spiro atoms. The van der Waals surface area contributed by atoms with Crippen molar-refractivity contribution in [2.75, 3.05) is 5.73 Å². The minimum absolute atomic E-state index is 0. The van der Waals surface area contributed by atoms with E-state index in [4.69, 9.17) is 5.73 Å². The highest BCUT2D eigenvalue weighted by molar-refractivity contribution is 5.85. The van der Waals surface area contributed by atoms with E-state index in [1.165, 1.54) is 126 Å². The molecule has 0 aromatic heterocycles. The molecule has 0 saturated carbocycles. The van der Waals surface area contributed by atoms with Crippen LogP contribution in [-0.2, 0) is 0 Å². The number of unbranched alkanes of at least 4 members (excludes halogenated alkanes) is 15. The number of para-hydroxylation sites is 1. The number of nitrogen functional groups attached to an aromatic ring is 1. The Balaban J connectivity index is 0.00000841. The third kappa shape index (κ3) is 14.1. The SMILES string of the molecule is CCCCCCCCCCCCCCCCCCC(C)=C(C)c1ccccc1N.Cl. The van der Waals surface area contributed by atoms with E-state index in [9.17, 15) is 0 Å². The molecule has 2 N–H and O–H groups in total. The van der Waals surface area contributed by atoms with E-state index in [2.05, 4.69) is 32.9 Å². The van der Waals surface area contributed by atoms with Gasteiger partial charge in [-0.3, -0.25) is 0 Å². The van der Waals surface area contributed by atoms with Gasteiger partial charge in [0.2, 0.25) is 0 Å². The molecule has 0 aliphatic heterocycles. The topological polar surface area (TPSA) is 26.0 Å². The Morgan fingerprint density at radius 2 is 1.03 bits per heavy atom. The van der Waals surface area contributed by atoms with Crippen molar-refractivity contribution in [3.05, 3.63) is 35.4 Å². The normalized spacial score (nSPS) is 11.8. The van der Waals surface area contributed by atoms with Gasteiger partial charge in [0.25, 0.3) is 0 Å². The van der Waals surface area contributed by atoms with Gasteiger partial charge in [0, 0.05) is 11.3 Å². The van der Waals surface area contributed by atoms with Crippen LogP contribution in [0.1, 0.15) is 135 Å². The quantitative estimate of drug-likeness (QED) is 0.180. The van der Waals surface area contributed by atoms with Crippen LogP contribution in [0.2, 0.25) is 0 Å². The fraction of sp³-hybridized carbons (Fsp3) is 0.714. The number of allylic oxidation sites excluding steroid dienone is 2. The third-order valence-corrected chi connectivity index (χ3v) is 6.41. The Morgan fingerprint density at radius 3 is 1.47 bits per heavy atom. The number of nitrogens with two attached hydrogens (primary N) is 1. The maximum atomic E-state index is 6.12. The first-order valence-electron chi connectivity index (χ1n) is 12.7. The highest BCUT2D eigenvalue weighted by Gasteiger charge is 2.04. The van der Waals surface area contributed by atoms with Crippen LogP contribution in [0.25, 0.3) is 5.57 Å². The van der Waals surface area contributed by atoms with Crippen molar-refractivity contribution in [3.8, 4) is 0 Å². The second-order valence-electron chi connectivity index (χ2n) is 9.05. The fourth-order valence-electron chi connectivity index (χ4n) is 4.19. The summed E-state index contributed by atoms with van der Waals surface area (Å²) in [5.41, 5.74) is 11.1. The number of rotatable bonds is 18. The summed E-state index contributed by atoms with van der Waals surface area (Å²) in [4.78, 5) is 0. The first-order valence-corrected chi connectivity index (χ1v) is 12.7. The van der Waals surface area contributed by atoms with Gasteiger partial charge in [-0.2, -0.15) is 0 Å². The van der Waals surface area contributed by atoms with Crippen LogP contribution in [0.4, 0.5) is 5.69 Å². The Hall–Kier alpha value is -0.950. The highest BCUT2D eigenvalue weighted by Crippen LogP contribution is 2.26. The standard InChI is InChI=1S/C28H49N.ClH/c1-4-5-6-7-8-9-10-11-12-13-14-15-16-17-18-19-22-25(2)26(3)27-23-20-21-24-28(27)29;/h20-21,23-24H,4-19,22,29H2,1-3H3;1H. The minimum atomic E-state index is 0. The van der Waals surface area contributed by atoms with Crippen LogP contribution >= 0.6 is 12.4 Å². The van der Waals surface area contributed by atoms with Crippen molar-refractivity contribution in [2.45, 2.75) is 130 Å². The first kappa shape index (κ1) is 29.1. The van der Waals surface area contributed by atoms with Gasteiger partial charge in [-0.05, 0) is 38.3 Å². The van der Waals surface area contributed by atoms with E-state index in [1.807, 2.05) is 12.1 Å². The van der Waals surface area contributed by atoms with Gasteiger partial charge in [-0.25, -0.2) is 0 Å². The molecule has 0 unspecified atom stereocenters. The smallest absolute Gasteiger partial charge is 0.0390 e. The summed E-state index contributed by atoms with van der Waals surface area (Å²) >= 11 is 0. The van der Waals surface area contributed by atoms with Gasteiger partial charge in [0.05, 0.1) is 0 Å². The van der Waals surface area contributed by atoms with Gasteiger partial charge in [-0.15, -0.1) is 12.4 Å². The van der Waals surface area contributed by atoms with E-state index in [1.54, 1.807) is 0 Å². The molecular formula is C28H50ClN. The fourth-order valence-corrected chi connectivity index (χ4v) is 4.19. The van der Waals surface area contributed by atoms with Gasteiger partial charge in [0.15, 0.2) is 0 Å². The summed E-state index contributed by atoms with van der Waals surface area (Å²) in [5, 5.41) is 0. The molecule has 1 rings (SSSR count). The van der Waals surface area contributed by atoms with Crippen molar-refractivity contribution in [3.63, 3.8) is 0 Å². The van der Waals surface area contributed by atoms with E-state index < -0.39 is 0 Å². The Bertz CT molecular complexity index is 549. The molecule has 2 heteroatoms. The van der Waals surface area contributed by atoms with Gasteiger partial charge >= 0.3 is 0 Å². The maximum Gasteiger partial charge on any atom is 0.0390 e. The molecule has 1 nitrogen and oxygen atoms in total. The lowest BCUT2D eigenvalue weighted by Gasteiger charge is -2.10. The summed E-state index contributed by atoms with van der Waals surface area (Å²) in [7, 11) is 0. The molecule has 0 saturated heterocycles. The molecule has 1 aromatic rings. The van der Waals surface area contributed by atoms with E-state index in [0.29, 0.717) is 0 Å². The molecule has 0 amide bonds. The average molecular weight is 436 g/mol. The zero-order valence-electron chi connectivity index (χ0n) is 20.3. The second kappa shape index (κ2) is 20.0. The Morgan fingerprint density at radius 1 is 0.633 bits per heavy atom. The zero-order chi connectivity index (χ0) is 21.2. The predicted octanol–water partition coefficient (Wildman–Crippen LogP) is 10.1. The molecular weight excluding hydrogens is 386 g/mol. The molecule has 1 aromatic carbocycles. The Labute approximate surface area is 194 Å². The molecule has 0 radical (unpaired) electrons. The van der Waals surface area contributed by atoms with Gasteiger partial charge < -0.3 is 5.73 Å². The van der Waals surface area contributed by atoms with Crippen molar-refractivity contribution in [2.24, 2.45) is 0 Å². The van der Waals surface area contributed by atoms with Crippen LogP contribution < -0.4 is 5.73 Å². The lowest BCUT2D eigenvalue weighted by Crippen LogP contribution is -1.93. The summed E-state index contributed by atoms with van der Waals surface area (Å²) in [6.07, 6.45) is 24.1. The molecule has 0 aliphatic rings. The molecule has 174 valence electrons. The lowest BCUT2D eigenvalue weighted by molar-refractivity contribution is 0.529. The maximum absolute atomic E-state index is 6.12. The lowest BCUT2D eigenvalue weighted by atomic mass is 9.97. The second-order valence-corrected chi connectivity index (χ2v) is 9.05. The number of benzene rings is 1.